The molecule has 0 aliphatic rings. The minimum absolute atomic E-state index is 0.635. The van der Waals surface area contributed by atoms with E-state index in [2.05, 4.69) is 20.6 Å². The van der Waals surface area contributed by atoms with Gasteiger partial charge in [0.25, 0.3) is 0 Å². The summed E-state index contributed by atoms with van der Waals surface area (Å²) in [5, 5.41) is 8.54. The summed E-state index contributed by atoms with van der Waals surface area (Å²) in [4.78, 5) is 7.51. The zero-order chi connectivity index (χ0) is 17.9. The Morgan fingerprint density at radius 3 is 2.84 bits per heavy atom. The molecule has 0 spiro atoms. The number of rotatable bonds is 10. The number of hydrogen-bond acceptors (Lipinski definition) is 3. The predicted octanol–water partition coefficient (Wildman–Crippen LogP) is 2.58. The summed E-state index contributed by atoms with van der Waals surface area (Å²) in [6, 6.07) is 5.90. The molecule has 2 aromatic rings. The van der Waals surface area contributed by atoms with Crippen LogP contribution in [0, 0.1) is 0 Å². The van der Waals surface area contributed by atoms with Gasteiger partial charge in [-0.2, -0.15) is 0 Å². The Morgan fingerprint density at radius 2 is 2.04 bits per heavy atom. The van der Waals surface area contributed by atoms with E-state index in [0.29, 0.717) is 19.8 Å². The topological polar surface area (TPSA) is 70.7 Å². The Bertz CT molecular complexity index is 672. The monoisotopic (exact) mass is 366 g/mol. The molecule has 138 valence electrons. The number of nitrogens with one attached hydrogen (secondary N) is 3. The first-order valence-electron chi connectivity index (χ1n) is 8.51. The molecule has 6 nitrogen and oxygen atoms in total. The van der Waals surface area contributed by atoms with Gasteiger partial charge < -0.3 is 25.1 Å². The first kappa shape index (κ1) is 19.6. The second-order valence-corrected chi connectivity index (χ2v) is 6.07. The van der Waals surface area contributed by atoms with Crippen LogP contribution in [0.3, 0.4) is 0 Å². The fraction of sp³-hybridized carbons (Fsp3) is 0.500. The van der Waals surface area contributed by atoms with Crippen molar-refractivity contribution in [1.82, 2.24) is 15.6 Å². The van der Waals surface area contributed by atoms with E-state index in [9.17, 15) is 0 Å². The van der Waals surface area contributed by atoms with E-state index < -0.39 is 0 Å². The number of aliphatic imine (C=N–C) groups is 1. The molecule has 1 heterocycles. The third-order valence-electron chi connectivity index (χ3n) is 3.83. The SMILES string of the molecule is CN=C(NCCCOCCOC)NCCc1c[nH]c2ccc(Cl)cc12. The number of benzene rings is 1. The molecule has 0 aliphatic heterocycles. The molecule has 0 amide bonds. The summed E-state index contributed by atoms with van der Waals surface area (Å²) < 4.78 is 10.4. The largest absolute Gasteiger partial charge is 0.382 e. The number of methoxy groups -OCH3 is 1. The van der Waals surface area contributed by atoms with Gasteiger partial charge in [0.1, 0.15) is 0 Å². The Morgan fingerprint density at radius 1 is 1.20 bits per heavy atom. The van der Waals surface area contributed by atoms with Crippen LogP contribution in [0.1, 0.15) is 12.0 Å². The molecule has 0 atom stereocenters. The van der Waals surface area contributed by atoms with E-state index in [-0.39, 0.29) is 0 Å². The van der Waals surface area contributed by atoms with Crippen LogP contribution in [-0.4, -0.2) is 58.0 Å². The predicted molar refractivity (Wildman–Crippen MR) is 104 cm³/mol. The van der Waals surface area contributed by atoms with Crippen molar-refractivity contribution in [2.75, 3.05) is 47.1 Å². The highest BCUT2D eigenvalue weighted by molar-refractivity contribution is 6.31. The molecule has 7 heteroatoms. The second kappa shape index (κ2) is 11.0. The lowest BCUT2D eigenvalue weighted by Crippen LogP contribution is -2.39. The van der Waals surface area contributed by atoms with Crippen LogP contribution in [-0.2, 0) is 15.9 Å². The second-order valence-electron chi connectivity index (χ2n) is 5.64. The van der Waals surface area contributed by atoms with Gasteiger partial charge in [-0.3, -0.25) is 4.99 Å². The van der Waals surface area contributed by atoms with Crippen LogP contribution in [0.5, 0.6) is 0 Å². The standard InChI is InChI=1S/C18H27ClN4O2/c1-20-18(21-7-3-9-25-11-10-24-2)22-8-6-14-13-23-17-5-4-15(19)12-16(14)17/h4-5,12-13,23H,3,6-11H2,1-2H3,(H2,20,21,22). The van der Waals surface area contributed by atoms with Crippen molar-refractivity contribution in [3.8, 4) is 0 Å². The molecule has 0 fully saturated rings. The third kappa shape index (κ3) is 6.57. The van der Waals surface area contributed by atoms with Crippen molar-refractivity contribution in [1.29, 1.82) is 0 Å². The zero-order valence-electron chi connectivity index (χ0n) is 14.9. The number of ether oxygens (including phenoxy) is 2. The maximum Gasteiger partial charge on any atom is 0.190 e. The summed E-state index contributed by atoms with van der Waals surface area (Å²) in [5.41, 5.74) is 2.35. The molecule has 25 heavy (non-hydrogen) atoms. The number of aromatic nitrogens is 1. The molecule has 0 radical (unpaired) electrons. The van der Waals surface area contributed by atoms with Crippen molar-refractivity contribution < 1.29 is 9.47 Å². The summed E-state index contributed by atoms with van der Waals surface area (Å²) in [6.45, 7) is 3.59. The first-order valence-corrected chi connectivity index (χ1v) is 8.89. The molecule has 0 unspecified atom stereocenters. The molecule has 2 rings (SSSR count). The van der Waals surface area contributed by atoms with Crippen LogP contribution >= 0.6 is 11.6 Å². The Kier molecular flexibility index (Phi) is 8.59. The van der Waals surface area contributed by atoms with Crippen LogP contribution in [0.4, 0.5) is 0 Å². The number of aromatic amines is 1. The molecule has 1 aromatic carbocycles. The van der Waals surface area contributed by atoms with E-state index in [0.717, 1.165) is 42.4 Å². The summed E-state index contributed by atoms with van der Waals surface area (Å²) in [6.07, 6.45) is 3.85. The molecule has 0 saturated carbocycles. The normalized spacial score (nSPS) is 11.9. The van der Waals surface area contributed by atoms with Crippen molar-refractivity contribution in [3.05, 3.63) is 35.0 Å². The average molecular weight is 367 g/mol. The molecule has 0 bridgehead atoms. The fourth-order valence-electron chi connectivity index (χ4n) is 2.52. The Labute approximate surface area is 153 Å². The van der Waals surface area contributed by atoms with E-state index in [1.165, 1.54) is 10.9 Å². The van der Waals surface area contributed by atoms with Gasteiger partial charge in [-0.25, -0.2) is 0 Å². The molecular weight excluding hydrogens is 340 g/mol. The van der Waals surface area contributed by atoms with Gasteiger partial charge in [0, 0.05) is 56.0 Å². The maximum absolute atomic E-state index is 6.09. The van der Waals surface area contributed by atoms with Gasteiger partial charge in [0.15, 0.2) is 5.96 Å². The smallest absolute Gasteiger partial charge is 0.190 e. The van der Waals surface area contributed by atoms with Crippen molar-refractivity contribution in [2.24, 2.45) is 4.99 Å². The van der Waals surface area contributed by atoms with Crippen LogP contribution in [0.15, 0.2) is 29.4 Å². The van der Waals surface area contributed by atoms with Crippen molar-refractivity contribution in [2.45, 2.75) is 12.8 Å². The number of nitrogens with zero attached hydrogens (tertiary/aromatic N) is 1. The Hall–Kier alpha value is -1.76. The van der Waals surface area contributed by atoms with Crippen LogP contribution in [0.25, 0.3) is 10.9 Å². The highest BCUT2D eigenvalue weighted by atomic mass is 35.5. The van der Waals surface area contributed by atoms with Crippen molar-refractivity contribution >= 4 is 28.5 Å². The van der Waals surface area contributed by atoms with Gasteiger partial charge in [-0.05, 0) is 36.6 Å². The highest BCUT2D eigenvalue weighted by Crippen LogP contribution is 2.22. The molecule has 1 aromatic heterocycles. The maximum atomic E-state index is 6.09. The van der Waals surface area contributed by atoms with Gasteiger partial charge in [0.05, 0.1) is 13.2 Å². The third-order valence-corrected chi connectivity index (χ3v) is 4.06. The summed E-state index contributed by atoms with van der Waals surface area (Å²) in [7, 11) is 3.45. The minimum Gasteiger partial charge on any atom is -0.382 e. The molecule has 3 N–H and O–H groups in total. The van der Waals surface area contributed by atoms with Crippen LogP contribution in [0.2, 0.25) is 5.02 Å². The zero-order valence-corrected chi connectivity index (χ0v) is 15.7. The quantitative estimate of drug-likeness (QED) is 0.343. The summed E-state index contributed by atoms with van der Waals surface area (Å²) in [5.74, 6) is 0.801. The average Bonchev–Trinajstić information content (AvgIpc) is 3.01. The molecular formula is C18H27ClN4O2. The number of hydrogen-bond donors (Lipinski definition) is 3. The number of fused-ring (bicyclic) bond motifs is 1. The summed E-state index contributed by atoms with van der Waals surface area (Å²) >= 11 is 6.09. The van der Waals surface area contributed by atoms with E-state index in [1.807, 2.05) is 24.4 Å². The fourth-order valence-corrected chi connectivity index (χ4v) is 2.69. The van der Waals surface area contributed by atoms with Gasteiger partial charge >= 0.3 is 0 Å². The van der Waals surface area contributed by atoms with E-state index in [4.69, 9.17) is 21.1 Å². The van der Waals surface area contributed by atoms with Crippen LogP contribution < -0.4 is 10.6 Å². The first-order chi connectivity index (χ1) is 12.2. The number of guanidine groups is 1. The van der Waals surface area contributed by atoms with Gasteiger partial charge in [0.2, 0.25) is 0 Å². The van der Waals surface area contributed by atoms with Gasteiger partial charge in [-0.1, -0.05) is 11.6 Å². The lowest BCUT2D eigenvalue weighted by Gasteiger charge is -2.11. The number of halogens is 1. The lowest BCUT2D eigenvalue weighted by molar-refractivity contribution is 0.0698. The highest BCUT2D eigenvalue weighted by Gasteiger charge is 2.05. The molecule has 0 saturated heterocycles. The molecule has 0 aliphatic carbocycles. The Balaban J connectivity index is 1.67. The van der Waals surface area contributed by atoms with E-state index in [1.54, 1.807) is 14.2 Å². The van der Waals surface area contributed by atoms with Crippen molar-refractivity contribution in [3.63, 3.8) is 0 Å². The number of H-pyrrole nitrogens is 1. The minimum atomic E-state index is 0.635. The van der Waals surface area contributed by atoms with Gasteiger partial charge in [-0.15, -0.1) is 0 Å². The van der Waals surface area contributed by atoms with E-state index >= 15 is 0 Å². The lowest BCUT2D eigenvalue weighted by atomic mass is 10.1.